The summed E-state index contributed by atoms with van der Waals surface area (Å²) in [6.07, 6.45) is 0. The van der Waals surface area contributed by atoms with E-state index in [0.29, 0.717) is 11.3 Å². The summed E-state index contributed by atoms with van der Waals surface area (Å²) in [5.74, 6) is 0.397. The highest BCUT2D eigenvalue weighted by Crippen LogP contribution is 2.35. The molecule has 0 atom stereocenters. The van der Waals surface area contributed by atoms with Gasteiger partial charge in [0.05, 0.1) is 29.8 Å². The number of benzene rings is 1. The molecule has 1 aliphatic heterocycles. The minimum atomic E-state index is -0.306. The second-order valence-electron chi connectivity index (χ2n) is 6.46. The maximum absolute atomic E-state index is 12.5. The Hall–Kier alpha value is -1.57. The van der Waals surface area contributed by atoms with Crippen molar-refractivity contribution in [2.45, 2.75) is 6.54 Å². The Bertz CT molecular complexity index is 795. The summed E-state index contributed by atoms with van der Waals surface area (Å²) < 4.78 is 13.4. The smallest absolute Gasteiger partial charge is 0.340 e. The van der Waals surface area contributed by atoms with Crippen molar-refractivity contribution in [3.63, 3.8) is 0 Å². The number of likely N-dealkylation sites (N-methyl/N-ethyl adjacent to an activating group) is 1. The molecule has 0 aliphatic carbocycles. The van der Waals surface area contributed by atoms with E-state index in [9.17, 15) is 4.79 Å². The number of esters is 1. The predicted octanol–water partition coefficient (Wildman–Crippen LogP) is 2.48. The molecule has 136 valence electrons. The van der Waals surface area contributed by atoms with E-state index < -0.39 is 0 Å². The van der Waals surface area contributed by atoms with Crippen molar-refractivity contribution in [1.29, 1.82) is 0 Å². The van der Waals surface area contributed by atoms with Gasteiger partial charge in [0.25, 0.3) is 0 Å². The monoisotopic (exact) mass is 409 g/mol. The lowest BCUT2D eigenvalue weighted by Crippen LogP contribution is -2.44. The van der Waals surface area contributed by atoms with Gasteiger partial charge in [-0.25, -0.2) is 4.79 Å². The third-order valence-corrected chi connectivity index (χ3v) is 5.57. The van der Waals surface area contributed by atoms with Crippen molar-refractivity contribution in [2.75, 3.05) is 47.4 Å². The Morgan fingerprint density at radius 3 is 2.44 bits per heavy atom. The van der Waals surface area contributed by atoms with Crippen LogP contribution in [-0.2, 0) is 18.3 Å². The quantitative estimate of drug-likeness (QED) is 0.725. The number of aryl methyl sites for hydroxylation is 1. The number of rotatable bonds is 4. The number of carbonyl (C=O) groups is 1. The van der Waals surface area contributed by atoms with Gasteiger partial charge in [0.1, 0.15) is 5.75 Å². The standard InChI is InChI=1S/C18H24BrN3O3/c1-20-5-7-22(8-6-20)11-15-17(18(23)25-4)12-9-16(24-3)13(19)10-14(12)21(15)2/h9-10H,5-8,11H2,1-4H3. The molecule has 2 aromatic rings. The molecule has 6 nitrogen and oxygen atoms in total. The second kappa shape index (κ2) is 7.35. The Labute approximate surface area is 156 Å². The van der Waals surface area contributed by atoms with Crippen LogP contribution >= 0.6 is 15.9 Å². The van der Waals surface area contributed by atoms with Crippen LogP contribution in [0.5, 0.6) is 5.75 Å². The summed E-state index contributed by atoms with van der Waals surface area (Å²) in [5.41, 5.74) is 2.59. The molecular weight excluding hydrogens is 386 g/mol. The summed E-state index contributed by atoms with van der Waals surface area (Å²) in [5, 5.41) is 0.860. The van der Waals surface area contributed by atoms with Gasteiger partial charge in [-0.3, -0.25) is 4.90 Å². The van der Waals surface area contributed by atoms with E-state index in [1.165, 1.54) is 7.11 Å². The normalized spacial score (nSPS) is 16.4. The summed E-state index contributed by atoms with van der Waals surface area (Å²) >= 11 is 3.53. The topological polar surface area (TPSA) is 46.9 Å². The van der Waals surface area contributed by atoms with Crippen molar-refractivity contribution < 1.29 is 14.3 Å². The van der Waals surface area contributed by atoms with Crippen molar-refractivity contribution in [2.24, 2.45) is 7.05 Å². The predicted molar refractivity (Wildman–Crippen MR) is 101 cm³/mol. The number of aromatic nitrogens is 1. The zero-order chi connectivity index (χ0) is 18.1. The lowest BCUT2D eigenvalue weighted by molar-refractivity contribution is 0.0599. The van der Waals surface area contributed by atoms with Gasteiger partial charge < -0.3 is 18.9 Å². The van der Waals surface area contributed by atoms with E-state index in [1.54, 1.807) is 7.11 Å². The van der Waals surface area contributed by atoms with Crippen LogP contribution in [0.2, 0.25) is 0 Å². The average Bonchev–Trinajstić information content (AvgIpc) is 2.87. The lowest BCUT2D eigenvalue weighted by atomic mass is 10.1. The van der Waals surface area contributed by atoms with Crippen LogP contribution in [0.4, 0.5) is 0 Å². The highest BCUT2D eigenvalue weighted by atomic mass is 79.9. The van der Waals surface area contributed by atoms with Gasteiger partial charge >= 0.3 is 5.97 Å². The highest BCUT2D eigenvalue weighted by Gasteiger charge is 2.25. The number of ether oxygens (including phenoxy) is 2. The third kappa shape index (κ3) is 3.41. The molecule has 1 saturated heterocycles. The van der Waals surface area contributed by atoms with Crippen LogP contribution in [0.15, 0.2) is 16.6 Å². The van der Waals surface area contributed by atoms with Crippen LogP contribution in [0.1, 0.15) is 16.1 Å². The summed E-state index contributed by atoms with van der Waals surface area (Å²) in [6.45, 7) is 4.79. The van der Waals surface area contributed by atoms with Gasteiger partial charge in [0, 0.05) is 50.9 Å². The van der Waals surface area contributed by atoms with E-state index in [2.05, 4.69) is 37.3 Å². The summed E-state index contributed by atoms with van der Waals surface area (Å²) in [7, 11) is 7.19. The van der Waals surface area contributed by atoms with Crippen molar-refractivity contribution >= 4 is 32.8 Å². The number of methoxy groups -OCH3 is 2. The van der Waals surface area contributed by atoms with E-state index in [1.807, 2.05) is 19.2 Å². The van der Waals surface area contributed by atoms with Crippen LogP contribution in [0, 0.1) is 0 Å². The molecule has 7 heteroatoms. The molecule has 0 saturated carbocycles. The molecular formula is C18H24BrN3O3. The maximum atomic E-state index is 12.5. The average molecular weight is 410 g/mol. The van der Waals surface area contributed by atoms with Crippen molar-refractivity contribution in [1.82, 2.24) is 14.4 Å². The van der Waals surface area contributed by atoms with Gasteiger partial charge in [-0.2, -0.15) is 0 Å². The molecule has 0 N–H and O–H groups in total. The van der Waals surface area contributed by atoms with E-state index in [4.69, 9.17) is 9.47 Å². The zero-order valence-corrected chi connectivity index (χ0v) is 16.7. The Balaban J connectivity index is 2.09. The van der Waals surface area contributed by atoms with E-state index in [-0.39, 0.29) is 5.97 Å². The first-order valence-electron chi connectivity index (χ1n) is 8.30. The largest absolute Gasteiger partial charge is 0.496 e. The zero-order valence-electron chi connectivity index (χ0n) is 15.1. The summed E-state index contributed by atoms with van der Waals surface area (Å²) in [4.78, 5) is 17.2. The molecule has 0 radical (unpaired) electrons. The number of carbonyl (C=O) groups excluding carboxylic acids is 1. The molecule has 0 spiro atoms. The van der Waals surface area contributed by atoms with Gasteiger partial charge in [0.15, 0.2) is 0 Å². The molecule has 1 aliphatic rings. The number of hydrogen-bond acceptors (Lipinski definition) is 5. The van der Waals surface area contributed by atoms with E-state index >= 15 is 0 Å². The number of fused-ring (bicyclic) bond motifs is 1. The molecule has 3 rings (SSSR count). The number of piperazine rings is 1. The van der Waals surface area contributed by atoms with E-state index in [0.717, 1.165) is 53.8 Å². The fourth-order valence-electron chi connectivity index (χ4n) is 3.38. The minimum Gasteiger partial charge on any atom is -0.496 e. The SMILES string of the molecule is COC(=O)c1c(CN2CCN(C)CC2)n(C)c2cc(Br)c(OC)cc12. The van der Waals surface area contributed by atoms with Crippen molar-refractivity contribution in [3.8, 4) is 5.75 Å². The van der Waals surface area contributed by atoms with Gasteiger partial charge in [-0.1, -0.05) is 0 Å². The van der Waals surface area contributed by atoms with Crippen LogP contribution < -0.4 is 4.74 Å². The molecule has 0 unspecified atom stereocenters. The molecule has 1 aromatic carbocycles. The van der Waals surface area contributed by atoms with Gasteiger partial charge in [-0.15, -0.1) is 0 Å². The molecule has 25 heavy (non-hydrogen) atoms. The first kappa shape index (κ1) is 18.2. The Kier molecular flexibility index (Phi) is 5.36. The first-order chi connectivity index (χ1) is 12.0. The van der Waals surface area contributed by atoms with Crippen LogP contribution in [-0.4, -0.2) is 67.8 Å². The summed E-state index contributed by atoms with van der Waals surface area (Å²) in [6, 6.07) is 3.90. The Morgan fingerprint density at radius 1 is 1.16 bits per heavy atom. The number of halogens is 1. The first-order valence-corrected chi connectivity index (χ1v) is 9.09. The Morgan fingerprint density at radius 2 is 1.84 bits per heavy atom. The number of hydrogen-bond donors (Lipinski definition) is 0. The molecule has 0 bridgehead atoms. The lowest BCUT2D eigenvalue weighted by Gasteiger charge is -2.32. The molecule has 1 aromatic heterocycles. The molecule has 2 heterocycles. The highest BCUT2D eigenvalue weighted by molar-refractivity contribution is 9.10. The van der Waals surface area contributed by atoms with Gasteiger partial charge in [0.2, 0.25) is 0 Å². The second-order valence-corrected chi connectivity index (χ2v) is 7.31. The fraction of sp³-hybridized carbons (Fsp3) is 0.500. The fourth-order valence-corrected chi connectivity index (χ4v) is 3.87. The van der Waals surface area contributed by atoms with Gasteiger partial charge in [-0.05, 0) is 35.1 Å². The van der Waals surface area contributed by atoms with Crippen molar-refractivity contribution in [3.05, 3.63) is 27.9 Å². The number of nitrogens with zero attached hydrogens (tertiary/aromatic N) is 3. The van der Waals surface area contributed by atoms with Crippen LogP contribution in [0.3, 0.4) is 0 Å². The molecule has 1 fully saturated rings. The minimum absolute atomic E-state index is 0.306. The third-order valence-electron chi connectivity index (χ3n) is 4.95. The van der Waals surface area contributed by atoms with Crippen LogP contribution in [0.25, 0.3) is 10.9 Å². The molecule has 0 amide bonds. The maximum Gasteiger partial charge on any atom is 0.340 e.